The Morgan fingerprint density at radius 1 is 1.14 bits per heavy atom. The van der Waals surface area contributed by atoms with Gasteiger partial charge in [-0.15, -0.1) is 0 Å². The molecule has 0 saturated carbocycles. The molecule has 2 aromatic rings. The molecule has 3 rings (SSSR count). The Bertz CT molecular complexity index is 789. The molecule has 0 aliphatic carbocycles. The number of alkyl halides is 3. The second-order valence-corrected chi connectivity index (χ2v) is 7.93. The summed E-state index contributed by atoms with van der Waals surface area (Å²) in [5, 5.41) is 11.2. The number of rotatable bonds is 5. The van der Waals surface area contributed by atoms with E-state index in [9.17, 15) is 23.1 Å². The van der Waals surface area contributed by atoms with Crippen molar-refractivity contribution in [3.05, 3.63) is 59.8 Å². The smallest absolute Gasteiger partial charge is 0.389 e. The van der Waals surface area contributed by atoms with E-state index < -0.39 is 17.3 Å². The number of hydrogen-bond acceptors (Lipinski definition) is 4. The van der Waals surface area contributed by atoms with Gasteiger partial charge in [0.15, 0.2) is 0 Å². The molecule has 0 atom stereocenters. The zero-order valence-corrected chi connectivity index (χ0v) is 16.0. The standard InChI is InChI=1S/C20H21F3N2O2S/c21-20(22,23)16-6-7-17(24-13-16)28-14-18(26)25-10-8-19(27,9-11-25)12-15-4-2-1-3-5-15/h1-7,13,27H,8-12,14H2. The Labute approximate surface area is 165 Å². The average molecular weight is 410 g/mol. The van der Waals surface area contributed by atoms with Crippen LogP contribution in [0, 0.1) is 0 Å². The molecule has 0 unspecified atom stereocenters. The van der Waals surface area contributed by atoms with Gasteiger partial charge in [0.2, 0.25) is 5.91 Å². The zero-order valence-electron chi connectivity index (χ0n) is 15.2. The number of halogens is 3. The summed E-state index contributed by atoms with van der Waals surface area (Å²) in [6.07, 6.45) is -2.10. The molecule has 4 nitrogen and oxygen atoms in total. The molecule has 0 spiro atoms. The topological polar surface area (TPSA) is 53.4 Å². The Morgan fingerprint density at radius 3 is 2.39 bits per heavy atom. The third kappa shape index (κ3) is 5.48. The van der Waals surface area contributed by atoms with Crippen LogP contribution in [0.5, 0.6) is 0 Å². The van der Waals surface area contributed by atoms with Crippen LogP contribution in [0.15, 0.2) is 53.7 Å². The van der Waals surface area contributed by atoms with Gasteiger partial charge in [-0.1, -0.05) is 42.1 Å². The molecule has 1 aliphatic heterocycles. The molecular formula is C20H21F3N2O2S. The highest BCUT2D eigenvalue weighted by molar-refractivity contribution is 7.99. The predicted octanol–water partition coefficient (Wildman–Crippen LogP) is 3.79. The predicted molar refractivity (Wildman–Crippen MR) is 101 cm³/mol. The van der Waals surface area contributed by atoms with Gasteiger partial charge in [-0.3, -0.25) is 4.79 Å². The fourth-order valence-electron chi connectivity index (χ4n) is 3.19. The summed E-state index contributed by atoms with van der Waals surface area (Å²) in [6, 6.07) is 12.0. The monoisotopic (exact) mass is 410 g/mol. The molecule has 150 valence electrons. The van der Waals surface area contributed by atoms with E-state index in [2.05, 4.69) is 4.98 Å². The van der Waals surface area contributed by atoms with Gasteiger partial charge >= 0.3 is 6.18 Å². The normalized spacial score (nSPS) is 16.8. The number of hydrogen-bond donors (Lipinski definition) is 1. The van der Waals surface area contributed by atoms with Crippen LogP contribution in [0.2, 0.25) is 0 Å². The fourth-order valence-corrected chi connectivity index (χ4v) is 3.93. The van der Waals surface area contributed by atoms with E-state index >= 15 is 0 Å². The number of piperidine rings is 1. The molecule has 1 fully saturated rings. The molecular weight excluding hydrogens is 389 g/mol. The highest BCUT2D eigenvalue weighted by atomic mass is 32.2. The Hall–Kier alpha value is -2.06. The number of aromatic nitrogens is 1. The molecule has 0 bridgehead atoms. The lowest BCUT2D eigenvalue weighted by Crippen LogP contribution is -2.48. The van der Waals surface area contributed by atoms with Crippen molar-refractivity contribution in [2.24, 2.45) is 0 Å². The third-order valence-electron chi connectivity index (χ3n) is 4.83. The van der Waals surface area contributed by atoms with Crippen LogP contribution < -0.4 is 0 Å². The van der Waals surface area contributed by atoms with Crippen LogP contribution in [-0.2, 0) is 17.4 Å². The van der Waals surface area contributed by atoms with E-state index in [0.29, 0.717) is 37.4 Å². The molecule has 28 heavy (non-hydrogen) atoms. The first-order valence-corrected chi connectivity index (χ1v) is 9.94. The number of thioether (sulfide) groups is 1. The van der Waals surface area contributed by atoms with Gasteiger partial charge in [-0.2, -0.15) is 13.2 Å². The van der Waals surface area contributed by atoms with Gasteiger partial charge in [-0.25, -0.2) is 4.98 Å². The molecule has 8 heteroatoms. The van der Waals surface area contributed by atoms with Gasteiger partial charge in [0.1, 0.15) is 0 Å². The van der Waals surface area contributed by atoms with Crippen LogP contribution in [-0.4, -0.2) is 45.3 Å². The molecule has 1 aromatic heterocycles. The van der Waals surface area contributed by atoms with Gasteiger partial charge < -0.3 is 10.0 Å². The Morgan fingerprint density at radius 2 is 1.82 bits per heavy atom. The lowest BCUT2D eigenvalue weighted by atomic mass is 9.85. The number of amides is 1. The van der Waals surface area contributed by atoms with E-state index in [0.717, 1.165) is 29.6 Å². The van der Waals surface area contributed by atoms with Crippen molar-refractivity contribution in [3.8, 4) is 0 Å². The average Bonchev–Trinajstić information content (AvgIpc) is 2.67. The number of nitrogens with zero attached hydrogens (tertiary/aromatic N) is 2. The lowest BCUT2D eigenvalue weighted by molar-refractivity contribution is -0.138. The van der Waals surface area contributed by atoms with E-state index in [1.54, 1.807) is 4.90 Å². The number of benzene rings is 1. The summed E-state index contributed by atoms with van der Waals surface area (Å²) in [6.45, 7) is 0.923. The van der Waals surface area contributed by atoms with Crippen LogP contribution >= 0.6 is 11.8 Å². The third-order valence-corrected chi connectivity index (χ3v) is 5.76. The number of carbonyl (C=O) groups excluding carboxylic acids is 1. The number of pyridine rings is 1. The first kappa shape index (κ1) is 20.7. The van der Waals surface area contributed by atoms with Crippen molar-refractivity contribution in [3.63, 3.8) is 0 Å². The van der Waals surface area contributed by atoms with Crippen LogP contribution in [0.4, 0.5) is 13.2 Å². The quantitative estimate of drug-likeness (QED) is 0.762. The van der Waals surface area contributed by atoms with E-state index in [4.69, 9.17) is 0 Å². The Kier molecular flexibility index (Phi) is 6.30. The Balaban J connectivity index is 1.47. The highest BCUT2D eigenvalue weighted by Crippen LogP contribution is 2.30. The van der Waals surface area contributed by atoms with E-state index in [-0.39, 0.29) is 11.7 Å². The molecule has 2 heterocycles. The minimum absolute atomic E-state index is 0.103. The molecule has 1 saturated heterocycles. The first-order valence-electron chi connectivity index (χ1n) is 8.95. The molecule has 1 aromatic carbocycles. The van der Waals surface area contributed by atoms with Gasteiger partial charge in [0.05, 0.1) is 21.9 Å². The molecule has 1 aliphatic rings. The van der Waals surface area contributed by atoms with Crippen LogP contribution in [0.3, 0.4) is 0 Å². The minimum atomic E-state index is -4.42. The van der Waals surface area contributed by atoms with Crippen molar-refractivity contribution in [1.82, 2.24) is 9.88 Å². The summed E-state index contributed by atoms with van der Waals surface area (Å²) in [4.78, 5) is 17.8. The maximum Gasteiger partial charge on any atom is 0.417 e. The summed E-state index contributed by atoms with van der Waals surface area (Å²) < 4.78 is 37.6. The second-order valence-electron chi connectivity index (χ2n) is 6.94. The van der Waals surface area contributed by atoms with Gasteiger partial charge in [-0.05, 0) is 30.5 Å². The van der Waals surface area contributed by atoms with E-state index in [1.807, 2.05) is 30.3 Å². The SMILES string of the molecule is O=C(CSc1ccc(C(F)(F)F)cn1)N1CCC(O)(Cc2ccccc2)CC1. The molecule has 1 N–H and O–H groups in total. The summed E-state index contributed by atoms with van der Waals surface area (Å²) in [5.74, 6) is 0.00335. The molecule has 0 radical (unpaired) electrons. The van der Waals surface area contributed by atoms with Crippen LogP contribution in [0.25, 0.3) is 0 Å². The first-order chi connectivity index (χ1) is 13.3. The minimum Gasteiger partial charge on any atom is -0.389 e. The van der Waals surface area contributed by atoms with Crippen molar-refractivity contribution >= 4 is 17.7 Å². The highest BCUT2D eigenvalue weighted by Gasteiger charge is 2.34. The van der Waals surface area contributed by atoms with Gasteiger partial charge in [0, 0.05) is 25.7 Å². The zero-order chi connectivity index (χ0) is 20.2. The van der Waals surface area contributed by atoms with Crippen molar-refractivity contribution in [2.75, 3.05) is 18.8 Å². The summed E-state index contributed by atoms with van der Waals surface area (Å²) >= 11 is 1.11. The lowest BCUT2D eigenvalue weighted by Gasteiger charge is -2.38. The second kappa shape index (κ2) is 8.53. The van der Waals surface area contributed by atoms with Crippen molar-refractivity contribution in [1.29, 1.82) is 0 Å². The van der Waals surface area contributed by atoms with Gasteiger partial charge in [0.25, 0.3) is 0 Å². The number of aliphatic hydroxyl groups is 1. The number of carbonyl (C=O) groups is 1. The largest absolute Gasteiger partial charge is 0.417 e. The number of likely N-dealkylation sites (tertiary alicyclic amines) is 1. The molecule has 1 amide bonds. The summed E-state index contributed by atoms with van der Waals surface area (Å²) in [7, 11) is 0. The van der Waals surface area contributed by atoms with Crippen molar-refractivity contribution in [2.45, 2.75) is 36.1 Å². The van der Waals surface area contributed by atoms with E-state index in [1.165, 1.54) is 6.07 Å². The maximum absolute atomic E-state index is 12.5. The van der Waals surface area contributed by atoms with Crippen molar-refractivity contribution < 1.29 is 23.1 Å². The maximum atomic E-state index is 12.5. The summed E-state index contributed by atoms with van der Waals surface area (Å²) in [5.41, 5.74) is -0.564. The van der Waals surface area contributed by atoms with Crippen LogP contribution in [0.1, 0.15) is 24.0 Å². The fraction of sp³-hybridized carbons (Fsp3) is 0.400.